The minimum Gasteiger partial charge on any atom is -0.491 e. The van der Waals surface area contributed by atoms with Gasteiger partial charge in [0.25, 0.3) is 5.91 Å². The number of para-hydroxylation sites is 1. The van der Waals surface area contributed by atoms with E-state index in [2.05, 4.69) is 5.32 Å². The molecule has 0 radical (unpaired) electrons. The maximum Gasteiger partial charge on any atom is 0.324 e. The SMILES string of the molecule is Cc1ccc(-c2cc(=O)c3cccc(Cl)c3o2)c(OCCN2C(=O)N[C@@H](C(C)C)C2=O)c1. The normalized spacial score (nSPS) is 16.2. The van der Waals surface area contributed by atoms with Crippen LogP contribution >= 0.6 is 11.6 Å². The molecule has 0 saturated carbocycles. The number of nitrogens with zero attached hydrogens (tertiary/aromatic N) is 1. The summed E-state index contributed by atoms with van der Waals surface area (Å²) in [6.45, 7) is 5.87. The van der Waals surface area contributed by atoms with Gasteiger partial charge < -0.3 is 14.5 Å². The van der Waals surface area contributed by atoms with Crippen molar-refractivity contribution in [3.8, 4) is 17.1 Å². The van der Waals surface area contributed by atoms with Crippen LogP contribution < -0.4 is 15.5 Å². The highest BCUT2D eigenvalue weighted by molar-refractivity contribution is 6.34. The summed E-state index contributed by atoms with van der Waals surface area (Å²) in [5, 5.41) is 3.44. The highest BCUT2D eigenvalue weighted by Crippen LogP contribution is 2.33. The molecular formula is C24H23ClN2O5. The summed E-state index contributed by atoms with van der Waals surface area (Å²) in [4.78, 5) is 38.4. The summed E-state index contributed by atoms with van der Waals surface area (Å²) in [6.07, 6.45) is 0. The standard InChI is InChI=1S/C24H23ClN2O5/c1-13(2)21-23(29)27(24(30)26-21)9-10-31-19-11-14(3)7-8-16(19)20-12-18(28)15-5-4-6-17(25)22(15)32-20/h4-8,11-13,21H,9-10H2,1-3H3,(H,26,30)/t21-/m0/s1. The zero-order chi connectivity index (χ0) is 23.0. The zero-order valence-electron chi connectivity index (χ0n) is 18.0. The van der Waals surface area contributed by atoms with Gasteiger partial charge in [-0.05, 0) is 42.7 Å². The van der Waals surface area contributed by atoms with Gasteiger partial charge in [-0.25, -0.2) is 4.79 Å². The largest absolute Gasteiger partial charge is 0.491 e. The fourth-order valence-corrected chi connectivity index (χ4v) is 3.89. The number of aryl methyl sites for hydroxylation is 1. The number of hydrogen-bond donors (Lipinski definition) is 1. The first-order valence-corrected chi connectivity index (χ1v) is 10.7. The Labute approximate surface area is 189 Å². The number of carbonyl (C=O) groups excluding carboxylic acids is 2. The Morgan fingerprint density at radius 2 is 1.94 bits per heavy atom. The highest BCUT2D eigenvalue weighted by atomic mass is 35.5. The van der Waals surface area contributed by atoms with Crippen molar-refractivity contribution in [2.45, 2.75) is 26.8 Å². The van der Waals surface area contributed by atoms with Crippen LogP contribution in [0.5, 0.6) is 5.75 Å². The van der Waals surface area contributed by atoms with E-state index >= 15 is 0 Å². The lowest BCUT2D eigenvalue weighted by molar-refractivity contribution is -0.128. The van der Waals surface area contributed by atoms with Crippen molar-refractivity contribution in [2.75, 3.05) is 13.2 Å². The molecule has 2 heterocycles. The van der Waals surface area contributed by atoms with Gasteiger partial charge in [0.1, 0.15) is 24.2 Å². The van der Waals surface area contributed by atoms with Gasteiger partial charge in [0.2, 0.25) is 0 Å². The first kappa shape index (κ1) is 21.9. The predicted octanol–water partition coefficient (Wildman–Crippen LogP) is 4.38. The lowest BCUT2D eigenvalue weighted by Crippen LogP contribution is -2.36. The maximum absolute atomic E-state index is 12.6. The number of fused-ring (bicyclic) bond motifs is 1. The third-order valence-electron chi connectivity index (χ3n) is 5.40. The average molecular weight is 455 g/mol. The van der Waals surface area contributed by atoms with E-state index in [1.807, 2.05) is 32.9 Å². The average Bonchev–Trinajstić information content (AvgIpc) is 3.03. The second kappa shape index (κ2) is 8.67. The molecule has 1 aliphatic heterocycles. The number of halogens is 1. The molecule has 0 spiro atoms. The Balaban J connectivity index is 1.60. The number of benzene rings is 2. The first-order valence-electron chi connectivity index (χ1n) is 10.3. The molecule has 1 aliphatic rings. The van der Waals surface area contributed by atoms with Crippen LogP contribution in [-0.4, -0.2) is 36.0 Å². The summed E-state index contributed by atoms with van der Waals surface area (Å²) in [7, 11) is 0. The lowest BCUT2D eigenvalue weighted by atomic mass is 10.1. The molecule has 0 unspecified atom stereocenters. The van der Waals surface area contributed by atoms with Gasteiger partial charge in [0, 0.05) is 6.07 Å². The van der Waals surface area contributed by atoms with Crippen molar-refractivity contribution in [3.05, 3.63) is 63.3 Å². The van der Waals surface area contributed by atoms with Gasteiger partial charge in [0.15, 0.2) is 11.0 Å². The number of carbonyl (C=O) groups is 2. The van der Waals surface area contributed by atoms with Crippen LogP contribution in [0.2, 0.25) is 5.02 Å². The van der Waals surface area contributed by atoms with Crippen LogP contribution in [0.4, 0.5) is 4.79 Å². The van der Waals surface area contributed by atoms with E-state index in [0.29, 0.717) is 33.1 Å². The summed E-state index contributed by atoms with van der Waals surface area (Å²) >= 11 is 6.23. The number of amides is 3. The lowest BCUT2D eigenvalue weighted by Gasteiger charge is -2.16. The molecule has 8 heteroatoms. The number of rotatable bonds is 6. The Bertz CT molecular complexity index is 1270. The minimum atomic E-state index is -0.520. The zero-order valence-corrected chi connectivity index (χ0v) is 18.7. The molecule has 1 aromatic heterocycles. The van der Waals surface area contributed by atoms with E-state index in [-0.39, 0.29) is 30.4 Å². The van der Waals surface area contributed by atoms with Crippen molar-refractivity contribution in [2.24, 2.45) is 5.92 Å². The predicted molar refractivity (Wildman–Crippen MR) is 122 cm³/mol. The van der Waals surface area contributed by atoms with Crippen LogP contribution in [-0.2, 0) is 4.79 Å². The van der Waals surface area contributed by atoms with E-state index in [1.54, 1.807) is 24.3 Å². The molecule has 7 nitrogen and oxygen atoms in total. The second-order valence-electron chi connectivity index (χ2n) is 8.10. The van der Waals surface area contributed by atoms with Gasteiger partial charge in [-0.2, -0.15) is 0 Å². The Kier molecular flexibility index (Phi) is 5.93. The minimum absolute atomic E-state index is 0.00312. The summed E-state index contributed by atoms with van der Waals surface area (Å²) < 4.78 is 11.9. The van der Waals surface area contributed by atoms with Gasteiger partial charge in [0.05, 0.1) is 22.5 Å². The molecule has 32 heavy (non-hydrogen) atoms. The third-order valence-corrected chi connectivity index (χ3v) is 5.70. The van der Waals surface area contributed by atoms with Crippen molar-refractivity contribution >= 4 is 34.5 Å². The van der Waals surface area contributed by atoms with Crippen LogP contribution in [0.1, 0.15) is 19.4 Å². The number of imide groups is 1. The molecule has 166 valence electrons. The quantitative estimate of drug-likeness (QED) is 0.558. The Hall–Kier alpha value is -3.32. The molecule has 2 aromatic carbocycles. The first-order chi connectivity index (χ1) is 15.3. The van der Waals surface area contributed by atoms with Crippen molar-refractivity contribution in [1.29, 1.82) is 0 Å². The van der Waals surface area contributed by atoms with Gasteiger partial charge in [-0.15, -0.1) is 0 Å². The molecule has 4 rings (SSSR count). The van der Waals surface area contributed by atoms with E-state index in [9.17, 15) is 14.4 Å². The van der Waals surface area contributed by atoms with Crippen molar-refractivity contribution in [1.82, 2.24) is 10.2 Å². The number of hydrogen-bond acceptors (Lipinski definition) is 5. The molecule has 1 atom stereocenters. The molecule has 1 fully saturated rings. The van der Waals surface area contributed by atoms with Crippen molar-refractivity contribution < 1.29 is 18.7 Å². The summed E-state index contributed by atoms with van der Waals surface area (Å²) in [6, 6.07) is 11.0. The van der Waals surface area contributed by atoms with Gasteiger partial charge in [-0.3, -0.25) is 14.5 Å². The molecule has 3 aromatic rings. The number of urea groups is 1. The third kappa shape index (κ3) is 4.08. The molecular weight excluding hydrogens is 432 g/mol. The molecule has 3 amide bonds. The monoisotopic (exact) mass is 454 g/mol. The van der Waals surface area contributed by atoms with E-state index in [4.69, 9.17) is 20.8 Å². The Morgan fingerprint density at radius 1 is 1.16 bits per heavy atom. The summed E-state index contributed by atoms with van der Waals surface area (Å²) in [5.41, 5.74) is 1.61. The second-order valence-corrected chi connectivity index (χ2v) is 8.51. The molecule has 0 aliphatic carbocycles. The summed E-state index contributed by atoms with van der Waals surface area (Å²) in [5.74, 6) is 0.545. The smallest absolute Gasteiger partial charge is 0.324 e. The molecule has 1 N–H and O–H groups in total. The van der Waals surface area contributed by atoms with E-state index < -0.39 is 12.1 Å². The fourth-order valence-electron chi connectivity index (χ4n) is 3.68. The van der Waals surface area contributed by atoms with Crippen LogP contribution in [0.25, 0.3) is 22.3 Å². The highest BCUT2D eigenvalue weighted by Gasteiger charge is 2.39. The topological polar surface area (TPSA) is 88.8 Å². The fraction of sp³-hybridized carbons (Fsp3) is 0.292. The van der Waals surface area contributed by atoms with Crippen molar-refractivity contribution in [3.63, 3.8) is 0 Å². The van der Waals surface area contributed by atoms with Crippen LogP contribution in [0, 0.1) is 12.8 Å². The van der Waals surface area contributed by atoms with E-state index in [0.717, 1.165) is 10.5 Å². The molecule has 0 bridgehead atoms. The van der Waals surface area contributed by atoms with Gasteiger partial charge >= 0.3 is 6.03 Å². The Morgan fingerprint density at radius 3 is 2.66 bits per heavy atom. The van der Waals surface area contributed by atoms with Crippen LogP contribution in [0.3, 0.4) is 0 Å². The van der Waals surface area contributed by atoms with Gasteiger partial charge in [-0.1, -0.05) is 37.6 Å². The van der Waals surface area contributed by atoms with Crippen LogP contribution in [0.15, 0.2) is 51.7 Å². The maximum atomic E-state index is 12.6. The van der Waals surface area contributed by atoms with E-state index in [1.165, 1.54) is 6.07 Å². The number of nitrogens with one attached hydrogen (secondary N) is 1. The number of ether oxygens (including phenoxy) is 1. The molecule has 1 saturated heterocycles.